The fourth-order valence-electron chi connectivity index (χ4n) is 1.91. The van der Waals surface area contributed by atoms with Gasteiger partial charge >= 0.3 is 0 Å². The molecule has 0 spiro atoms. The van der Waals surface area contributed by atoms with Crippen molar-refractivity contribution in [2.24, 2.45) is 0 Å². The maximum absolute atomic E-state index is 11.2. The molecule has 1 aromatic carbocycles. The summed E-state index contributed by atoms with van der Waals surface area (Å²) in [5.41, 5.74) is 1.86. The summed E-state index contributed by atoms with van der Waals surface area (Å²) < 4.78 is 5.29. The Labute approximate surface area is 112 Å². The number of amides is 1. The van der Waals surface area contributed by atoms with E-state index in [2.05, 4.69) is 10.6 Å². The highest BCUT2D eigenvalue weighted by molar-refractivity contribution is 5.95. The molecule has 0 unspecified atom stereocenters. The van der Waals surface area contributed by atoms with E-state index >= 15 is 0 Å². The zero-order chi connectivity index (χ0) is 13.7. The minimum atomic E-state index is -0.121. The standard InChI is InChI=1S/C14H18N2O3/c1-10(17)4-6-15-7-5-11-2-3-13-12(8-11)16-14(18)9-19-13/h2-3,8,15H,4-7,9H2,1H3,(H,16,18). The predicted octanol–water partition coefficient (Wildman–Crippen LogP) is 1.13. The third-order valence-electron chi connectivity index (χ3n) is 2.92. The van der Waals surface area contributed by atoms with Crippen molar-refractivity contribution in [1.29, 1.82) is 0 Å². The number of nitrogens with one attached hydrogen (secondary N) is 2. The van der Waals surface area contributed by atoms with E-state index in [1.165, 1.54) is 0 Å². The summed E-state index contributed by atoms with van der Waals surface area (Å²) in [4.78, 5) is 22.0. The smallest absolute Gasteiger partial charge is 0.262 e. The number of Topliss-reactive ketones (excluding diaryl/α,β-unsaturated/α-hetero) is 1. The Kier molecular flexibility index (Phi) is 4.52. The highest BCUT2D eigenvalue weighted by atomic mass is 16.5. The van der Waals surface area contributed by atoms with Crippen LogP contribution in [0.25, 0.3) is 0 Å². The van der Waals surface area contributed by atoms with E-state index in [0.29, 0.717) is 18.7 Å². The molecule has 19 heavy (non-hydrogen) atoms. The van der Waals surface area contributed by atoms with Crippen LogP contribution < -0.4 is 15.4 Å². The Morgan fingerprint density at radius 3 is 3.05 bits per heavy atom. The molecule has 0 atom stereocenters. The van der Waals surface area contributed by atoms with E-state index in [9.17, 15) is 9.59 Å². The van der Waals surface area contributed by atoms with Gasteiger partial charge in [0, 0.05) is 13.0 Å². The second-order valence-corrected chi connectivity index (χ2v) is 4.62. The Balaban J connectivity index is 1.83. The van der Waals surface area contributed by atoms with Crippen LogP contribution in [0.4, 0.5) is 5.69 Å². The number of carbonyl (C=O) groups is 2. The van der Waals surface area contributed by atoms with Crippen LogP contribution in [0.5, 0.6) is 5.75 Å². The van der Waals surface area contributed by atoms with Gasteiger partial charge in [0.2, 0.25) is 0 Å². The van der Waals surface area contributed by atoms with Crippen LogP contribution in [-0.4, -0.2) is 31.4 Å². The molecule has 1 aliphatic rings. The maximum atomic E-state index is 11.2. The van der Waals surface area contributed by atoms with Gasteiger partial charge in [0.25, 0.3) is 5.91 Å². The molecular weight excluding hydrogens is 244 g/mol. The number of anilines is 1. The number of ether oxygens (including phenoxy) is 1. The first-order valence-electron chi connectivity index (χ1n) is 6.41. The van der Waals surface area contributed by atoms with Gasteiger partial charge in [-0.1, -0.05) is 6.07 Å². The van der Waals surface area contributed by atoms with Gasteiger partial charge in [-0.15, -0.1) is 0 Å². The first-order chi connectivity index (χ1) is 9.15. The molecule has 0 saturated heterocycles. The van der Waals surface area contributed by atoms with Gasteiger partial charge in [-0.2, -0.15) is 0 Å². The highest BCUT2D eigenvalue weighted by Crippen LogP contribution is 2.28. The summed E-state index contributed by atoms with van der Waals surface area (Å²) in [6.07, 6.45) is 1.41. The lowest BCUT2D eigenvalue weighted by molar-refractivity contribution is -0.118. The number of ketones is 1. The van der Waals surface area contributed by atoms with E-state index in [1.807, 2.05) is 18.2 Å². The SMILES string of the molecule is CC(=O)CCNCCc1ccc2c(c1)NC(=O)CO2. The van der Waals surface area contributed by atoms with E-state index in [1.54, 1.807) is 6.92 Å². The molecule has 1 heterocycles. The van der Waals surface area contributed by atoms with Gasteiger partial charge in [0.1, 0.15) is 11.5 Å². The van der Waals surface area contributed by atoms with Crippen LogP contribution in [0, 0.1) is 0 Å². The van der Waals surface area contributed by atoms with Gasteiger partial charge in [0.05, 0.1) is 5.69 Å². The van der Waals surface area contributed by atoms with Crippen LogP contribution in [0.15, 0.2) is 18.2 Å². The number of hydrogen-bond acceptors (Lipinski definition) is 4. The van der Waals surface area contributed by atoms with Crippen molar-refractivity contribution in [3.05, 3.63) is 23.8 Å². The Bertz CT molecular complexity index is 486. The molecule has 0 bridgehead atoms. The summed E-state index contributed by atoms with van der Waals surface area (Å²) >= 11 is 0. The van der Waals surface area contributed by atoms with Crippen molar-refractivity contribution in [2.75, 3.05) is 25.0 Å². The fourth-order valence-corrected chi connectivity index (χ4v) is 1.91. The van der Waals surface area contributed by atoms with Gasteiger partial charge in [0.15, 0.2) is 6.61 Å². The average Bonchev–Trinajstić information content (AvgIpc) is 2.37. The lowest BCUT2D eigenvalue weighted by Crippen LogP contribution is -2.25. The van der Waals surface area contributed by atoms with Crippen molar-refractivity contribution in [3.63, 3.8) is 0 Å². The number of benzene rings is 1. The van der Waals surface area contributed by atoms with Gasteiger partial charge in [-0.25, -0.2) is 0 Å². The highest BCUT2D eigenvalue weighted by Gasteiger charge is 2.15. The number of fused-ring (bicyclic) bond motifs is 1. The van der Waals surface area contributed by atoms with Gasteiger partial charge < -0.3 is 15.4 Å². The summed E-state index contributed by atoms with van der Waals surface area (Å²) in [6.45, 7) is 3.19. The molecule has 5 nitrogen and oxygen atoms in total. The molecule has 0 saturated carbocycles. The van der Waals surface area contributed by atoms with E-state index in [0.717, 1.165) is 24.2 Å². The summed E-state index contributed by atoms with van der Waals surface area (Å²) in [7, 11) is 0. The van der Waals surface area contributed by atoms with Crippen LogP contribution in [0.1, 0.15) is 18.9 Å². The van der Waals surface area contributed by atoms with Gasteiger partial charge in [-0.05, 0) is 37.6 Å². The summed E-state index contributed by atoms with van der Waals surface area (Å²) in [5, 5.41) is 6.00. The first-order valence-corrected chi connectivity index (χ1v) is 6.41. The van der Waals surface area contributed by atoms with E-state index in [4.69, 9.17) is 4.74 Å². The topological polar surface area (TPSA) is 67.4 Å². The van der Waals surface area contributed by atoms with Crippen molar-refractivity contribution < 1.29 is 14.3 Å². The number of carbonyl (C=O) groups excluding carboxylic acids is 2. The molecule has 0 radical (unpaired) electrons. The minimum absolute atomic E-state index is 0.0823. The predicted molar refractivity (Wildman–Crippen MR) is 72.4 cm³/mol. The maximum Gasteiger partial charge on any atom is 0.262 e. The minimum Gasteiger partial charge on any atom is -0.482 e. The largest absolute Gasteiger partial charge is 0.482 e. The van der Waals surface area contributed by atoms with Crippen LogP contribution in [0.3, 0.4) is 0 Å². The summed E-state index contributed by atoms with van der Waals surface area (Å²) in [6, 6.07) is 5.79. The molecule has 102 valence electrons. The molecule has 1 amide bonds. The zero-order valence-electron chi connectivity index (χ0n) is 11.0. The molecular formula is C14H18N2O3. The van der Waals surface area contributed by atoms with Crippen LogP contribution in [-0.2, 0) is 16.0 Å². The van der Waals surface area contributed by atoms with Crippen molar-refractivity contribution in [2.45, 2.75) is 19.8 Å². The van der Waals surface area contributed by atoms with Crippen molar-refractivity contribution in [3.8, 4) is 5.75 Å². The zero-order valence-corrected chi connectivity index (χ0v) is 11.0. The lowest BCUT2D eigenvalue weighted by Gasteiger charge is -2.18. The second kappa shape index (κ2) is 6.33. The normalized spacial score (nSPS) is 13.4. The van der Waals surface area contributed by atoms with Crippen LogP contribution in [0.2, 0.25) is 0 Å². The quantitative estimate of drug-likeness (QED) is 0.754. The molecule has 2 rings (SSSR count). The molecule has 1 aliphatic heterocycles. The number of hydrogen-bond donors (Lipinski definition) is 2. The van der Waals surface area contributed by atoms with Gasteiger partial charge in [-0.3, -0.25) is 9.59 Å². The Hall–Kier alpha value is -1.88. The van der Waals surface area contributed by atoms with E-state index in [-0.39, 0.29) is 18.3 Å². The molecule has 0 aromatic heterocycles. The molecule has 0 fully saturated rings. The molecule has 2 N–H and O–H groups in total. The van der Waals surface area contributed by atoms with Crippen LogP contribution >= 0.6 is 0 Å². The lowest BCUT2D eigenvalue weighted by atomic mass is 10.1. The molecule has 1 aromatic rings. The summed E-state index contributed by atoms with van der Waals surface area (Å²) in [5.74, 6) is 0.790. The molecule has 0 aliphatic carbocycles. The van der Waals surface area contributed by atoms with Crippen molar-refractivity contribution in [1.82, 2.24) is 5.32 Å². The average molecular weight is 262 g/mol. The number of rotatable bonds is 6. The monoisotopic (exact) mass is 262 g/mol. The third-order valence-corrected chi connectivity index (χ3v) is 2.92. The molecule has 5 heteroatoms. The third kappa shape index (κ3) is 4.06. The fraction of sp³-hybridized carbons (Fsp3) is 0.429. The van der Waals surface area contributed by atoms with Crippen molar-refractivity contribution >= 4 is 17.4 Å². The second-order valence-electron chi connectivity index (χ2n) is 4.62. The Morgan fingerprint density at radius 2 is 2.26 bits per heavy atom. The van der Waals surface area contributed by atoms with E-state index < -0.39 is 0 Å². The Morgan fingerprint density at radius 1 is 1.42 bits per heavy atom. The first kappa shape index (κ1) is 13.5.